The first-order chi connectivity index (χ1) is 14.6. The minimum Gasteiger partial charge on any atom is -0.480 e. The predicted octanol–water partition coefficient (Wildman–Crippen LogP) is -1.47. The highest BCUT2D eigenvalue weighted by atomic mass is 16.4. The predicted molar refractivity (Wildman–Crippen MR) is 114 cm³/mol. The molecule has 0 saturated carbocycles. The molecule has 8 N–H and O–H groups in total. The van der Waals surface area contributed by atoms with Gasteiger partial charge in [-0.15, -0.1) is 0 Å². The van der Waals surface area contributed by atoms with Gasteiger partial charge in [0.15, 0.2) is 0 Å². The lowest BCUT2D eigenvalue weighted by Gasteiger charge is -2.28. The monoisotopic (exact) mass is 443 g/mol. The van der Waals surface area contributed by atoms with E-state index in [1.54, 1.807) is 0 Å². The molecule has 31 heavy (non-hydrogen) atoms. The number of aliphatic hydroxyl groups excluding tert-OH is 1. The zero-order chi connectivity index (χ0) is 23.6. The lowest BCUT2D eigenvalue weighted by Crippen LogP contribution is -2.57. The fourth-order valence-corrected chi connectivity index (χ4v) is 3.59. The number of nitrogens with one attached hydrogen (secondary N) is 2. The molecule has 11 heteroatoms. The molecule has 1 rings (SSSR count). The van der Waals surface area contributed by atoms with Crippen molar-refractivity contribution in [3.63, 3.8) is 0 Å². The summed E-state index contributed by atoms with van der Waals surface area (Å²) >= 11 is 0. The number of carboxylic acid groups (broad SMARTS) is 1. The van der Waals surface area contributed by atoms with E-state index in [0.717, 1.165) is 0 Å². The molecule has 1 fully saturated rings. The van der Waals surface area contributed by atoms with E-state index < -0.39 is 54.5 Å². The van der Waals surface area contributed by atoms with Crippen molar-refractivity contribution in [1.29, 1.82) is 0 Å². The number of nitrogens with two attached hydrogens (primary N) is 2. The van der Waals surface area contributed by atoms with Crippen molar-refractivity contribution in [2.75, 3.05) is 19.7 Å². The van der Waals surface area contributed by atoms with Gasteiger partial charge < -0.3 is 37.2 Å². The number of aliphatic carboxylic acids is 1. The van der Waals surface area contributed by atoms with Crippen LogP contribution >= 0.6 is 0 Å². The molecule has 0 aromatic rings. The molecule has 1 aliphatic heterocycles. The maximum atomic E-state index is 12.9. The van der Waals surface area contributed by atoms with Gasteiger partial charge in [0.2, 0.25) is 17.7 Å². The van der Waals surface area contributed by atoms with Crippen molar-refractivity contribution in [2.24, 2.45) is 17.4 Å². The maximum absolute atomic E-state index is 12.9. The number of carboxylic acids is 1. The number of nitrogens with zero attached hydrogens (tertiary/aromatic N) is 1. The smallest absolute Gasteiger partial charge is 0.326 e. The van der Waals surface area contributed by atoms with Crippen LogP contribution < -0.4 is 22.1 Å². The summed E-state index contributed by atoms with van der Waals surface area (Å²) in [6.45, 7) is 3.94. The minimum absolute atomic E-state index is 0.0560. The Kier molecular flexibility index (Phi) is 11.4. The van der Waals surface area contributed by atoms with E-state index in [1.165, 1.54) is 4.90 Å². The molecule has 0 aromatic heterocycles. The molecule has 1 aliphatic rings. The first kappa shape index (κ1) is 26.8. The van der Waals surface area contributed by atoms with E-state index in [9.17, 15) is 24.3 Å². The number of likely N-dealkylation sites (tertiary alicyclic amines) is 1. The van der Waals surface area contributed by atoms with Gasteiger partial charge in [-0.1, -0.05) is 13.8 Å². The van der Waals surface area contributed by atoms with Gasteiger partial charge in [-0.05, 0) is 51.0 Å². The Hall–Kier alpha value is -2.24. The third-order valence-corrected chi connectivity index (χ3v) is 5.25. The van der Waals surface area contributed by atoms with E-state index in [2.05, 4.69) is 10.6 Å². The number of unbranched alkanes of at least 4 members (excludes halogenated alkanes) is 1. The molecule has 3 amide bonds. The fraction of sp³-hybridized carbons (Fsp3) is 0.800. The molecule has 4 atom stereocenters. The van der Waals surface area contributed by atoms with Crippen LogP contribution in [-0.2, 0) is 19.2 Å². The van der Waals surface area contributed by atoms with Crippen LogP contribution in [0.3, 0.4) is 0 Å². The first-order valence-electron chi connectivity index (χ1n) is 10.8. The molecule has 1 saturated heterocycles. The molecule has 0 radical (unpaired) electrons. The Morgan fingerprint density at radius 2 is 1.81 bits per heavy atom. The van der Waals surface area contributed by atoms with Crippen molar-refractivity contribution in [3.05, 3.63) is 0 Å². The highest BCUT2D eigenvalue weighted by Gasteiger charge is 2.37. The van der Waals surface area contributed by atoms with Crippen molar-refractivity contribution < 1.29 is 29.4 Å². The number of amides is 3. The van der Waals surface area contributed by atoms with Crippen molar-refractivity contribution in [2.45, 2.75) is 76.5 Å². The second kappa shape index (κ2) is 13.2. The van der Waals surface area contributed by atoms with E-state index in [0.29, 0.717) is 45.2 Å². The SMILES string of the molecule is CC(C)CC(NC(=O)C(CCCCN)NC(=O)C1CCCN1C(=O)C(N)CO)C(=O)O. The Morgan fingerprint density at radius 3 is 2.35 bits per heavy atom. The van der Waals surface area contributed by atoms with E-state index in [-0.39, 0.29) is 12.3 Å². The van der Waals surface area contributed by atoms with Gasteiger partial charge in [-0.25, -0.2) is 4.79 Å². The number of hydrogen-bond donors (Lipinski definition) is 6. The van der Waals surface area contributed by atoms with Gasteiger partial charge in [0.1, 0.15) is 24.2 Å². The molecule has 0 aromatic carbocycles. The highest BCUT2D eigenvalue weighted by molar-refractivity contribution is 5.94. The maximum Gasteiger partial charge on any atom is 0.326 e. The summed E-state index contributed by atoms with van der Waals surface area (Å²) < 4.78 is 0. The molecule has 1 heterocycles. The summed E-state index contributed by atoms with van der Waals surface area (Å²) in [5.74, 6) is -2.69. The van der Waals surface area contributed by atoms with Gasteiger partial charge in [-0.2, -0.15) is 0 Å². The molecular formula is C20H37N5O6. The average Bonchev–Trinajstić information content (AvgIpc) is 3.20. The van der Waals surface area contributed by atoms with E-state index >= 15 is 0 Å². The summed E-state index contributed by atoms with van der Waals surface area (Å²) in [6.07, 6.45) is 2.78. The Bertz CT molecular complexity index is 629. The number of rotatable bonds is 13. The van der Waals surface area contributed by atoms with Crippen LogP contribution in [0.1, 0.15) is 52.4 Å². The molecule has 11 nitrogen and oxygen atoms in total. The quantitative estimate of drug-likeness (QED) is 0.186. The number of carbonyl (C=O) groups excluding carboxylic acids is 3. The van der Waals surface area contributed by atoms with Gasteiger partial charge in [-0.3, -0.25) is 14.4 Å². The summed E-state index contributed by atoms with van der Waals surface area (Å²) in [4.78, 5) is 50.9. The zero-order valence-electron chi connectivity index (χ0n) is 18.4. The number of aliphatic hydroxyl groups is 1. The second-order valence-electron chi connectivity index (χ2n) is 8.35. The average molecular weight is 444 g/mol. The molecule has 0 spiro atoms. The zero-order valence-corrected chi connectivity index (χ0v) is 18.4. The summed E-state index contributed by atoms with van der Waals surface area (Å²) in [6, 6.07) is -3.91. The Morgan fingerprint density at radius 1 is 1.13 bits per heavy atom. The van der Waals surface area contributed by atoms with Gasteiger partial charge in [0.25, 0.3) is 0 Å². The van der Waals surface area contributed by atoms with Gasteiger partial charge in [0, 0.05) is 6.54 Å². The van der Waals surface area contributed by atoms with Crippen molar-refractivity contribution in [3.8, 4) is 0 Å². The second-order valence-corrected chi connectivity index (χ2v) is 8.35. The lowest BCUT2D eigenvalue weighted by molar-refractivity contribution is -0.143. The van der Waals surface area contributed by atoms with Crippen LogP contribution in [0.2, 0.25) is 0 Å². The molecule has 0 aliphatic carbocycles. The number of hydrogen-bond acceptors (Lipinski definition) is 7. The topological polar surface area (TPSA) is 188 Å². The standard InChI is InChI=1S/C20H37N5O6/c1-12(2)10-15(20(30)31)24-17(27)14(6-3-4-8-21)23-18(28)16-7-5-9-25(16)19(29)13(22)11-26/h12-16,26H,3-11,21-22H2,1-2H3,(H,23,28)(H,24,27)(H,30,31). The van der Waals surface area contributed by atoms with Crippen LogP contribution in [0.4, 0.5) is 0 Å². The van der Waals surface area contributed by atoms with Crippen LogP contribution in [0.25, 0.3) is 0 Å². The molecule has 4 unspecified atom stereocenters. The summed E-state index contributed by atoms with van der Waals surface area (Å²) in [5.41, 5.74) is 11.1. The van der Waals surface area contributed by atoms with Crippen LogP contribution in [-0.4, -0.2) is 82.7 Å². The van der Waals surface area contributed by atoms with Crippen LogP contribution in [0, 0.1) is 5.92 Å². The Labute approximate surface area is 182 Å². The number of carbonyl (C=O) groups is 4. The van der Waals surface area contributed by atoms with E-state index in [4.69, 9.17) is 16.6 Å². The molecule has 0 bridgehead atoms. The molecular weight excluding hydrogens is 406 g/mol. The third kappa shape index (κ3) is 8.42. The first-order valence-corrected chi connectivity index (χ1v) is 10.8. The Balaban J connectivity index is 2.89. The van der Waals surface area contributed by atoms with Crippen molar-refractivity contribution in [1.82, 2.24) is 15.5 Å². The normalized spacial score (nSPS) is 19.0. The van der Waals surface area contributed by atoms with Gasteiger partial charge >= 0.3 is 5.97 Å². The highest BCUT2D eigenvalue weighted by Crippen LogP contribution is 2.19. The minimum atomic E-state index is -1.14. The summed E-state index contributed by atoms with van der Waals surface area (Å²) in [5, 5.41) is 23.7. The fourth-order valence-electron chi connectivity index (χ4n) is 3.59. The largest absolute Gasteiger partial charge is 0.480 e. The van der Waals surface area contributed by atoms with Crippen molar-refractivity contribution >= 4 is 23.7 Å². The van der Waals surface area contributed by atoms with Crippen LogP contribution in [0.5, 0.6) is 0 Å². The lowest BCUT2D eigenvalue weighted by atomic mass is 10.0. The summed E-state index contributed by atoms with van der Waals surface area (Å²) in [7, 11) is 0. The molecule has 178 valence electrons. The van der Waals surface area contributed by atoms with E-state index in [1.807, 2.05) is 13.8 Å². The van der Waals surface area contributed by atoms with Gasteiger partial charge in [0.05, 0.1) is 6.61 Å². The van der Waals surface area contributed by atoms with Crippen LogP contribution in [0.15, 0.2) is 0 Å². The third-order valence-electron chi connectivity index (χ3n) is 5.25.